The first kappa shape index (κ1) is 14.6. The number of ether oxygens (including phenoxy) is 1. The van der Waals surface area contributed by atoms with Crippen LogP contribution in [0.2, 0.25) is 0 Å². The molecule has 3 atom stereocenters. The van der Waals surface area contributed by atoms with Gasteiger partial charge in [-0.2, -0.15) is 0 Å². The van der Waals surface area contributed by atoms with Gasteiger partial charge in [0.2, 0.25) is 0 Å². The number of halogens is 1. The van der Waals surface area contributed by atoms with Crippen LogP contribution in [0, 0.1) is 0 Å². The van der Waals surface area contributed by atoms with Gasteiger partial charge in [0.05, 0.1) is 11.7 Å². The van der Waals surface area contributed by atoms with Crippen molar-refractivity contribution >= 4 is 11.6 Å². The van der Waals surface area contributed by atoms with Crippen molar-refractivity contribution in [1.29, 1.82) is 0 Å². The summed E-state index contributed by atoms with van der Waals surface area (Å²) in [6.07, 6.45) is 10.7. The molecule has 3 unspecified atom stereocenters. The Morgan fingerprint density at radius 1 is 1.22 bits per heavy atom. The molecule has 0 radical (unpaired) electrons. The molecular weight excluding hydrogens is 246 g/mol. The van der Waals surface area contributed by atoms with Gasteiger partial charge in [-0.1, -0.05) is 19.3 Å². The third-order valence-electron chi connectivity index (χ3n) is 4.48. The topological polar surface area (TPSA) is 21.3 Å². The minimum Gasteiger partial charge on any atom is -0.370 e. The van der Waals surface area contributed by atoms with Crippen molar-refractivity contribution in [2.75, 3.05) is 6.54 Å². The Labute approximate surface area is 117 Å². The lowest BCUT2D eigenvalue weighted by Gasteiger charge is -2.33. The average Bonchev–Trinajstić information content (AvgIpc) is 2.70. The molecule has 0 aromatic carbocycles. The molecule has 1 heterocycles. The van der Waals surface area contributed by atoms with E-state index in [4.69, 9.17) is 16.3 Å². The van der Waals surface area contributed by atoms with Gasteiger partial charge in [-0.05, 0) is 46.0 Å². The molecule has 1 aliphatic heterocycles. The molecule has 2 aliphatic rings. The van der Waals surface area contributed by atoms with Crippen LogP contribution in [0.4, 0.5) is 0 Å². The molecule has 18 heavy (non-hydrogen) atoms. The maximum Gasteiger partial charge on any atom is 0.0708 e. The Bertz CT molecular complexity index is 251. The average molecular weight is 274 g/mol. The summed E-state index contributed by atoms with van der Waals surface area (Å²) in [5, 5.41) is 3.82. The Kier molecular flexibility index (Phi) is 5.35. The number of alkyl halides is 1. The summed E-state index contributed by atoms with van der Waals surface area (Å²) >= 11 is 6.01. The zero-order valence-corrected chi connectivity index (χ0v) is 12.6. The minimum atomic E-state index is 0.252. The molecule has 2 fully saturated rings. The van der Waals surface area contributed by atoms with E-state index in [0.717, 1.165) is 13.0 Å². The molecule has 0 aromatic heterocycles. The summed E-state index contributed by atoms with van der Waals surface area (Å²) in [5.74, 6) is 0. The summed E-state index contributed by atoms with van der Waals surface area (Å²) in [4.78, 5) is 0. The van der Waals surface area contributed by atoms with Gasteiger partial charge in [0, 0.05) is 18.0 Å². The van der Waals surface area contributed by atoms with Gasteiger partial charge in [0.15, 0.2) is 0 Å². The van der Waals surface area contributed by atoms with E-state index in [1.54, 1.807) is 0 Å². The summed E-state index contributed by atoms with van der Waals surface area (Å²) in [6.45, 7) is 5.26. The summed E-state index contributed by atoms with van der Waals surface area (Å²) in [6, 6.07) is 0.490. The first-order chi connectivity index (χ1) is 8.60. The van der Waals surface area contributed by atoms with Gasteiger partial charge in [0.25, 0.3) is 0 Å². The summed E-state index contributed by atoms with van der Waals surface area (Å²) in [5.41, 5.74) is 0.258. The number of hydrogen-bond acceptors (Lipinski definition) is 2. The van der Waals surface area contributed by atoms with E-state index in [-0.39, 0.29) is 11.0 Å². The van der Waals surface area contributed by atoms with Crippen molar-refractivity contribution in [1.82, 2.24) is 5.32 Å². The fraction of sp³-hybridized carbons (Fsp3) is 1.00. The maximum atomic E-state index is 6.35. The molecular formula is C15H28ClNO. The third-order valence-corrected chi connectivity index (χ3v) is 4.65. The molecule has 0 bridgehead atoms. The monoisotopic (exact) mass is 273 g/mol. The van der Waals surface area contributed by atoms with E-state index < -0.39 is 0 Å². The number of rotatable bonds is 5. The maximum absolute atomic E-state index is 6.35. The van der Waals surface area contributed by atoms with Gasteiger partial charge < -0.3 is 10.1 Å². The molecule has 0 amide bonds. The second-order valence-electron chi connectivity index (χ2n) is 6.35. The molecule has 106 valence electrons. The van der Waals surface area contributed by atoms with Crippen LogP contribution in [-0.2, 0) is 4.74 Å². The van der Waals surface area contributed by atoms with E-state index in [1.165, 1.54) is 44.9 Å². The molecule has 2 nitrogen and oxygen atoms in total. The fourth-order valence-corrected chi connectivity index (χ4v) is 3.77. The Hall–Kier alpha value is 0.210. The molecule has 1 N–H and O–H groups in total. The highest BCUT2D eigenvalue weighted by Crippen LogP contribution is 2.41. The van der Waals surface area contributed by atoms with Crippen LogP contribution in [0.15, 0.2) is 0 Å². The van der Waals surface area contributed by atoms with Crippen LogP contribution in [0.1, 0.15) is 65.2 Å². The smallest absolute Gasteiger partial charge is 0.0708 e. The quantitative estimate of drug-likeness (QED) is 0.768. The highest BCUT2D eigenvalue weighted by molar-refractivity contribution is 6.20. The van der Waals surface area contributed by atoms with Crippen molar-refractivity contribution in [2.24, 2.45) is 0 Å². The zero-order valence-electron chi connectivity index (χ0n) is 11.9. The van der Waals surface area contributed by atoms with Crippen LogP contribution in [0.5, 0.6) is 0 Å². The molecule has 1 saturated carbocycles. The SMILES string of the molecule is CC(Cl)CC(C)NCC1CCC2(CCCCC2)O1. The second kappa shape index (κ2) is 6.58. The molecule has 0 aromatic rings. The third kappa shape index (κ3) is 4.11. The van der Waals surface area contributed by atoms with E-state index in [2.05, 4.69) is 19.2 Å². The van der Waals surface area contributed by atoms with Crippen molar-refractivity contribution < 1.29 is 4.74 Å². The minimum absolute atomic E-state index is 0.252. The Balaban J connectivity index is 1.69. The van der Waals surface area contributed by atoms with Crippen molar-refractivity contribution in [3.05, 3.63) is 0 Å². The fourth-order valence-electron chi connectivity index (χ4n) is 3.51. The number of hydrogen-bond donors (Lipinski definition) is 1. The largest absolute Gasteiger partial charge is 0.370 e. The normalized spacial score (nSPS) is 30.5. The van der Waals surface area contributed by atoms with E-state index in [0.29, 0.717) is 12.1 Å². The van der Waals surface area contributed by atoms with E-state index in [9.17, 15) is 0 Å². The van der Waals surface area contributed by atoms with Crippen LogP contribution in [0.3, 0.4) is 0 Å². The van der Waals surface area contributed by atoms with Crippen LogP contribution < -0.4 is 5.32 Å². The first-order valence-electron chi connectivity index (χ1n) is 7.65. The van der Waals surface area contributed by atoms with Crippen LogP contribution >= 0.6 is 11.6 Å². The summed E-state index contributed by atoms with van der Waals surface area (Å²) < 4.78 is 6.35. The predicted molar refractivity (Wildman–Crippen MR) is 77.3 cm³/mol. The van der Waals surface area contributed by atoms with E-state index in [1.807, 2.05) is 0 Å². The van der Waals surface area contributed by atoms with Gasteiger partial charge in [-0.15, -0.1) is 11.6 Å². The van der Waals surface area contributed by atoms with Crippen LogP contribution in [-0.4, -0.2) is 29.7 Å². The van der Waals surface area contributed by atoms with Gasteiger partial charge in [0.1, 0.15) is 0 Å². The standard InChI is InChI=1S/C15H28ClNO/c1-12(16)10-13(2)17-11-14-6-9-15(18-14)7-4-3-5-8-15/h12-14,17H,3-11H2,1-2H3. The Morgan fingerprint density at radius 3 is 2.61 bits per heavy atom. The van der Waals surface area contributed by atoms with Gasteiger partial charge in [-0.25, -0.2) is 0 Å². The summed E-state index contributed by atoms with van der Waals surface area (Å²) in [7, 11) is 0. The lowest BCUT2D eigenvalue weighted by atomic mass is 9.83. The number of nitrogens with one attached hydrogen (secondary N) is 1. The second-order valence-corrected chi connectivity index (χ2v) is 7.09. The lowest BCUT2D eigenvalue weighted by molar-refractivity contribution is -0.0628. The molecule has 3 heteroatoms. The Morgan fingerprint density at radius 2 is 1.94 bits per heavy atom. The van der Waals surface area contributed by atoms with Crippen molar-refractivity contribution in [3.63, 3.8) is 0 Å². The highest BCUT2D eigenvalue weighted by Gasteiger charge is 2.40. The molecule has 1 spiro atoms. The molecule has 1 saturated heterocycles. The van der Waals surface area contributed by atoms with Crippen LogP contribution in [0.25, 0.3) is 0 Å². The molecule has 1 aliphatic carbocycles. The highest BCUT2D eigenvalue weighted by atomic mass is 35.5. The van der Waals surface area contributed by atoms with E-state index >= 15 is 0 Å². The first-order valence-corrected chi connectivity index (χ1v) is 8.09. The van der Waals surface area contributed by atoms with Crippen molar-refractivity contribution in [2.45, 2.75) is 88.3 Å². The zero-order chi connectivity index (χ0) is 13.0. The lowest BCUT2D eigenvalue weighted by Crippen LogP contribution is -2.37. The van der Waals surface area contributed by atoms with Gasteiger partial charge >= 0.3 is 0 Å². The van der Waals surface area contributed by atoms with Crippen molar-refractivity contribution in [3.8, 4) is 0 Å². The predicted octanol–water partition coefficient (Wildman–Crippen LogP) is 3.86. The molecule has 2 rings (SSSR count). The van der Waals surface area contributed by atoms with Gasteiger partial charge in [-0.3, -0.25) is 0 Å².